The summed E-state index contributed by atoms with van der Waals surface area (Å²) in [7, 11) is 0. The van der Waals surface area contributed by atoms with Gasteiger partial charge >= 0.3 is 0 Å². The first-order valence-electron chi connectivity index (χ1n) is 6.53. The van der Waals surface area contributed by atoms with Crippen LogP contribution in [0.25, 0.3) is 0 Å². The highest BCUT2D eigenvalue weighted by Crippen LogP contribution is 2.21. The highest BCUT2D eigenvalue weighted by molar-refractivity contribution is 5.56. The van der Waals surface area contributed by atoms with Gasteiger partial charge < -0.3 is 14.5 Å². The molecule has 1 heterocycles. The van der Waals surface area contributed by atoms with E-state index in [1.54, 1.807) is 0 Å². The van der Waals surface area contributed by atoms with Crippen LogP contribution in [0.1, 0.15) is 13.8 Å². The molecule has 0 N–H and O–H groups in total. The Labute approximate surface area is 104 Å². The summed E-state index contributed by atoms with van der Waals surface area (Å²) in [6.07, 6.45) is 0. The predicted octanol–water partition coefficient (Wildman–Crippen LogP) is 2.37. The van der Waals surface area contributed by atoms with Crippen LogP contribution in [-0.2, 0) is 4.74 Å². The maximum Gasteiger partial charge on any atom is 0.0642 e. The van der Waals surface area contributed by atoms with Crippen molar-refractivity contribution in [2.75, 3.05) is 49.2 Å². The van der Waals surface area contributed by atoms with Crippen LogP contribution in [0.5, 0.6) is 0 Å². The second-order valence-electron chi connectivity index (χ2n) is 4.29. The summed E-state index contributed by atoms with van der Waals surface area (Å²) < 4.78 is 5.37. The molecular formula is C14H22N2O. The molecule has 0 amide bonds. The minimum absolute atomic E-state index is 0.845. The van der Waals surface area contributed by atoms with Gasteiger partial charge in [0.25, 0.3) is 0 Å². The van der Waals surface area contributed by atoms with E-state index in [1.165, 1.54) is 11.4 Å². The van der Waals surface area contributed by atoms with Gasteiger partial charge in [-0.3, -0.25) is 0 Å². The lowest BCUT2D eigenvalue weighted by molar-refractivity contribution is 0.122. The van der Waals surface area contributed by atoms with Crippen LogP contribution in [0.2, 0.25) is 0 Å². The smallest absolute Gasteiger partial charge is 0.0642 e. The molecule has 0 aromatic heterocycles. The average molecular weight is 234 g/mol. The molecule has 1 aliphatic rings. The highest BCUT2D eigenvalue weighted by atomic mass is 16.5. The maximum atomic E-state index is 5.37. The van der Waals surface area contributed by atoms with Crippen molar-refractivity contribution in [3.8, 4) is 0 Å². The third-order valence-electron chi connectivity index (χ3n) is 3.35. The van der Waals surface area contributed by atoms with Gasteiger partial charge in [0, 0.05) is 37.6 Å². The Hall–Kier alpha value is -1.22. The average Bonchev–Trinajstić information content (AvgIpc) is 2.42. The van der Waals surface area contributed by atoms with Gasteiger partial charge in [-0.1, -0.05) is 0 Å². The van der Waals surface area contributed by atoms with Crippen LogP contribution in [0.4, 0.5) is 11.4 Å². The van der Waals surface area contributed by atoms with Gasteiger partial charge in [-0.15, -0.1) is 0 Å². The quantitative estimate of drug-likeness (QED) is 0.795. The van der Waals surface area contributed by atoms with Gasteiger partial charge in [0.15, 0.2) is 0 Å². The molecule has 1 fully saturated rings. The fourth-order valence-corrected chi connectivity index (χ4v) is 2.28. The first kappa shape index (κ1) is 12.2. The van der Waals surface area contributed by atoms with Crippen molar-refractivity contribution in [3.63, 3.8) is 0 Å². The fraction of sp³-hybridized carbons (Fsp3) is 0.571. The summed E-state index contributed by atoms with van der Waals surface area (Å²) >= 11 is 0. The maximum absolute atomic E-state index is 5.37. The van der Waals surface area contributed by atoms with Crippen LogP contribution in [-0.4, -0.2) is 39.4 Å². The van der Waals surface area contributed by atoms with Crippen molar-refractivity contribution in [2.45, 2.75) is 13.8 Å². The number of benzene rings is 1. The molecule has 1 saturated heterocycles. The van der Waals surface area contributed by atoms with Crippen LogP contribution < -0.4 is 9.80 Å². The molecule has 0 saturated carbocycles. The molecule has 1 aliphatic heterocycles. The van der Waals surface area contributed by atoms with Crippen LogP contribution in [0, 0.1) is 0 Å². The number of anilines is 2. The fourth-order valence-electron chi connectivity index (χ4n) is 2.28. The normalized spacial score (nSPS) is 16.0. The molecular weight excluding hydrogens is 212 g/mol. The largest absolute Gasteiger partial charge is 0.378 e. The Morgan fingerprint density at radius 1 is 1.06 bits per heavy atom. The molecule has 0 bridgehead atoms. The lowest BCUT2D eigenvalue weighted by atomic mass is 10.2. The highest BCUT2D eigenvalue weighted by Gasteiger charge is 2.11. The number of rotatable bonds is 4. The van der Waals surface area contributed by atoms with E-state index in [1.807, 2.05) is 0 Å². The molecule has 0 atom stereocenters. The molecule has 1 aromatic carbocycles. The summed E-state index contributed by atoms with van der Waals surface area (Å²) in [5.74, 6) is 0. The van der Waals surface area contributed by atoms with E-state index < -0.39 is 0 Å². The minimum atomic E-state index is 0.845. The summed E-state index contributed by atoms with van der Waals surface area (Å²) in [4.78, 5) is 4.75. The third-order valence-corrected chi connectivity index (χ3v) is 3.35. The topological polar surface area (TPSA) is 15.7 Å². The summed E-state index contributed by atoms with van der Waals surface area (Å²) in [5, 5.41) is 0. The standard InChI is InChI=1S/C14H22N2O/c1-3-15(4-2)13-5-7-14(8-6-13)16-9-11-17-12-10-16/h5-8H,3-4,9-12H2,1-2H3. The second-order valence-corrected chi connectivity index (χ2v) is 4.29. The molecule has 3 nitrogen and oxygen atoms in total. The molecule has 0 unspecified atom stereocenters. The van der Waals surface area contributed by atoms with E-state index in [2.05, 4.69) is 47.9 Å². The Bertz CT molecular complexity index is 327. The van der Waals surface area contributed by atoms with E-state index in [-0.39, 0.29) is 0 Å². The van der Waals surface area contributed by atoms with Crippen molar-refractivity contribution in [1.82, 2.24) is 0 Å². The number of morpholine rings is 1. The van der Waals surface area contributed by atoms with Crippen molar-refractivity contribution in [1.29, 1.82) is 0 Å². The predicted molar refractivity (Wildman–Crippen MR) is 73.0 cm³/mol. The van der Waals surface area contributed by atoms with Crippen LogP contribution >= 0.6 is 0 Å². The zero-order valence-electron chi connectivity index (χ0n) is 10.9. The summed E-state index contributed by atoms with van der Waals surface area (Å²) in [6.45, 7) is 10.2. The molecule has 2 rings (SSSR count). The first-order valence-corrected chi connectivity index (χ1v) is 6.53. The zero-order chi connectivity index (χ0) is 12.1. The Morgan fingerprint density at radius 2 is 1.65 bits per heavy atom. The number of nitrogens with zero attached hydrogens (tertiary/aromatic N) is 2. The molecule has 0 spiro atoms. The minimum Gasteiger partial charge on any atom is -0.378 e. The third kappa shape index (κ3) is 2.91. The van der Waals surface area contributed by atoms with Crippen molar-refractivity contribution in [2.24, 2.45) is 0 Å². The number of hydrogen-bond donors (Lipinski definition) is 0. The summed E-state index contributed by atoms with van der Waals surface area (Å²) in [6, 6.07) is 8.88. The molecule has 1 aromatic rings. The van der Waals surface area contributed by atoms with E-state index in [0.29, 0.717) is 0 Å². The Morgan fingerprint density at radius 3 is 2.18 bits per heavy atom. The van der Waals surface area contributed by atoms with Crippen molar-refractivity contribution >= 4 is 11.4 Å². The Kier molecular flexibility index (Phi) is 4.26. The molecule has 3 heteroatoms. The van der Waals surface area contributed by atoms with Gasteiger partial charge in [-0.05, 0) is 38.1 Å². The lowest BCUT2D eigenvalue weighted by Crippen LogP contribution is -2.36. The van der Waals surface area contributed by atoms with Gasteiger partial charge in [-0.2, -0.15) is 0 Å². The van der Waals surface area contributed by atoms with E-state index >= 15 is 0 Å². The van der Waals surface area contributed by atoms with E-state index in [4.69, 9.17) is 4.74 Å². The number of ether oxygens (including phenoxy) is 1. The van der Waals surface area contributed by atoms with Crippen molar-refractivity contribution < 1.29 is 4.74 Å². The molecule has 94 valence electrons. The van der Waals surface area contributed by atoms with Gasteiger partial charge in [-0.25, -0.2) is 0 Å². The van der Waals surface area contributed by atoms with Gasteiger partial charge in [0.2, 0.25) is 0 Å². The molecule has 17 heavy (non-hydrogen) atoms. The van der Waals surface area contributed by atoms with Crippen LogP contribution in [0.15, 0.2) is 24.3 Å². The van der Waals surface area contributed by atoms with Gasteiger partial charge in [0.1, 0.15) is 0 Å². The summed E-state index contributed by atoms with van der Waals surface area (Å²) in [5.41, 5.74) is 2.62. The second kappa shape index (κ2) is 5.92. The lowest BCUT2D eigenvalue weighted by Gasteiger charge is -2.29. The van der Waals surface area contributed by atoms with E-state index in [9.17, 15) is 0 Å². The zero-order valence-corrected chi connectivity index (χ0v) is 10.9. The Balaban J connectivity index is 2.06. The van der Waals surface area contributed by atoms with Gasteiger partial charge in [0.05, 0.1) is 13.2 Å². The first-order chi connectivity index (χ1) is 8.35. The SMILES string of the molecule is CCN(CC)c1ccc(N2CCOCC2)cc1. The molecule has 0 aliphatic carbocycles. The monoisotopic (exact) mass is 234 g/mol. The van der Waals surface area contributed by atoms with Crippen LogP contribution in [0.3, 0.4) is 0 Å². The number of hydrogen-bond acceptors (Lipinski definition) is 3. The molecule has 0 radical (unpaired) electrons. The van der Waals surface area contributed by atoms with Crippen molar-refractivity contribution in [3.05, 3.63) is 24.3 Å². The van der Waals surface area contributed by atoms with E-state index in [0.717, 1.165) is 39.4 Å².